The second-order valence-corrected chi connectivity index (χ2v) is 10.5. The van der Waals surface area contributed by atoms with Gasteiger partial charge in [0.1, 0.15) is 23.6 Å². The fourth-order valence-corrected chi connectivity index (χ4v) is 5.31. The van der Waals surface area contributed by atoms with Crippen LogP contribution in [0.1, 0.15) is 12.7 Å². The number of carbonyl (C=O) groups is 1. The van der Waals surface area contributed by atoms with E-state index < -0.39 is 0 Å². The molecule has 11 nitrogen and oxygen atoms in total. The number of likely N-dealkylation sites (N-methyl/N-ethyl adjacent to an activating group) is 1. The van der Waals surface area contributed by atoms with Crippen molar-refractivity contribution in [3.8, 4) is 11.4 Å². The third-order valence-electron chi connectivity index (χ3n) is 7.59. The van der Waals surface area contributed by atoms with Gasteiger partial charge in [0.2, 0.25) is 0 Å². The van der Waals surface area contributed by atoms with Gasteiger partial charge in [0.25, 0.3) is 5.56 Å². The third kappa shape index (κ3) is 5.93. The summed E-state index contributed by atoms with van der Waals surface area (Å²) in [6.45, 7) is 6.20. The minimum absolute atomic E-state index is 0.197. The van der Waals surface area contributed by atoms with E-state index in [4.69, 9.17) is 10.5 Å². The molecular formula is C32H34N8O3. The minimum Gasteiger partial charge on any atom is -0.466 e. The maximum absolute atomic E-state index is 12.7. The van der Waals surface area contributed by atoms with Gasteiger partial charge in [-0.1, -0.05) is 24.3 Å². The number of hydrogen-bond donors (Lipinski definition) is 4. The van der Waals surface area contributed by atoms with E-state index in [1.807, 2.05) is 60.7 Å². The van der Waals surface area contributed by atoms with E-state index in [1.54, 1.807) is 6.92 Å². The van der Waals surface area contributed by atoms with Crippen LogP contribution in [-0.4, -0.2) is 75.6 Å². The molecule has 1 aliphatic heterocycles. The summed E-state index contributed by atoms with van der Waals surface area (Å²) >= 11 is 0. The molecule has 0 atom stereocenters. The lowest BCUT2D eigenvalue weighted by molar-refractivity contribution is -0.142. The van der Waals surface area contributed by atoms with Crippen LogP contribution in [0.3, 0.4) is 0 Å². The number of fused-ring (bicyclic) bond motifs is 3. The number of anilines is 2. The van der Waals surface area contributed by atoms with Crippen molar-refractivity contribution >= 4 is 50.3 Å². The molecule has 0 saturated carbocycles. The lowest BCUT2D eigenvalue weighted by atomic mass is 10.1. The summed E-state index contributed by atoms with van der Waals surface area (Å²) < 4.78 is 4.84. The van der Waals surface area contributed by atoms with Crippen LogP contribution in [0.25, 0.3) is 44.4 Å². The predicted octanol–water partition coefficient (Wildman–Crippen LogP) is 4.07. The van der Waals surface area contributed by atoms with Gasteiger partial charge in [-0.3, -0.25) is 9.59 Å². The van der Waals surface area contributed by atoms with Gasteiger partial charge in [-0.25, -0.2) is 9.97 Å². The number of aromatic amines is 3. The number of pyridine rings is 1. The summed E-state index contributed by atoms with van der Waals surface area (Å²) in [7, 11) is 2.14. The van der Waals surface area contributed by atoms with Crippen LogP contribution in [0, 0.1) is 0 Å². The summed E-state index contributed by atoms with van der Waals surface area (Å²) in [5.41, 5.74) is 12.4. The number of nitrogens with zero attached hydrogens (tertiary/aromatic N) is 4. The summed E-state index contributed by atoms with van der Waals surface area (Å²) in [4.78, 5) is 46.7. The van der Waals surface area contributed by atoms with E-state index in [-0.39, 0.29) is 17.9 Å². The Kier molecular flexibility index (Phi) is 7.80. The van der Waals surface area contributed by atoms with Gasteiger partial charge < -0.3 is 35.2 Å². The molecule has 4 heterocycles. The van der Waals surface area contributed by atoms with Gasteiger partial charge in [-0.05, 0) is 56.4 Å². The van der Waals surface area contributed by atoms with Crippen molar-refractivity contribution in [2.45, 2.75) is 13.3 Å². The number of ether oxygens (including phenoxy) is 1. The highest BCUT2D eigenvalue weighted by molar-refractivity contribution is 5.99. The Bertz CT molecular complexity index is 1900. The van der Waals surface area contributed by atoms with Crippen LogP contribution in [0.4, 0.5) is 11.4 Å². The Hall–Kier alpha value is -5.16. The fraction of sp³-hybridized carbons (Fsp3) is 0.250. The Labute approximate surface area is 247 Å². The maximum atomic E-state index is 12.7. The van der Waals surface area contributed by atoms with Crippen LogP contribution in [0.2, 0.25) is 0 Å². The van der Waals surface area contributed by atoms with E-state index in [0.29, 0.717) is 29.5 Å². The highest BCUT2D eigenvalue weighted by Gasteiger charge is 2.19. The van der Waals surface area contributed by atoms with E-state index >= 15 is 0 Å². The van der Waals surface area contributed by atoms with Crippen LogP contribution in [0.5, 0.6) is 0 Å². The summed E-state index contributed by atoms with van der Waals surface area (Å²) in [6.07, 6.45) is 0.197. The number of rotatable bonds is 5. The van der Waals surface area contributed by atoms with Crippen molar-refractivity contribution in [3.63, 3.8) is 0 Å². The number of nitrogens with one attached hydrogen (secondary N) is 3. The molecule has 0 aliphatic carbocycles. The van der Waals surface area contributed by atoms with Crippen molar-refractivity contribution < 1.29 is 9.53 Å². The predicted molar refractivity (Wildman–Crippen MR) is 170 cm³/mol. The van der Waals surface area contributed by atoms with Gasteiger partial charge in [-0.15, -0.1) is 0 Å². The number of aromatic nitrogens is 5. The number of carbonyl (C=O) groups excluding carboxylic acids is 1. The Morgan fingerprint density at radius 1 is 0.884 bits per heavy atom. The SMILES string of the molecule is CCOC(=O)Cc1nc2ccccc2[nH]1.CN1CCN(c2ccc3[nH]c(=O)c(-c4nc5ccccc5[nH]4)c(N)c3c2)CC1. The fourth-order valence-electron chi connectivity index (χ4n) is 5.31. The highest BCUT2D eigenvalue weighted by atomic mass is 16.5. The molecule has 1 saturated heterocycles. The summed E-state index contributed by atoms with van der Waals surface area (Å²) in [6, 6.07) is 21.4. The van der Waals surface area contributed by atoms with Crippen molar-refractivity contribution in [1.29, 1.82) is 0 Å². The first-order chi connectivity index (χ1) is 20.9. The van der Waals surface area contributed by atoms with Gasteiger partial charge in [0.15, 0.2) is 0 Å². The number of nitrogen functional groups attached to an aromatic ring is 1. The largest absolute Gasteiger partial charge is 0.466 e. The van der Waals surface area contributed by atoms with Crippen LogP contribution in [0.15, 0.2) is 71.5 Å². The molecular weight excluding hydrogens is 544 g/mol. The molecule has 0 spiro atoms. The minimum atomic E-state index is -0.253. The number of imidazole rings is 2. The molecule has 3 aromatic heterocycles. The number of piperazine rings is 1. The standard InChI is InChI=1S/C21H22N6O.C11H12N2O2/c1-26-8-10-27(11-9-26)13-6-7-15-14(12-13)19(22)18(21(28)25-15)20-23-16-4-2-3-5-17(16)24-20;1-2-15-11(14)7-10-12-8-5-3-4-6-9(8)13-10/h2-7,12H,8-11H2,1H3,(H,23,24)(H3,22,25,28);3-6H,2,7H2,1H3,(H,12,13). The highest BCUT2D eigenvalue weighted by Crippen LogP contribution is 2.31. The number of para-hydroxylation sites is 4. The monoisotopic (exact) mass is 578 g/mol. The molecule has 7 rings (SSSR count). The first kappa shape index (κ1) is 28.0. The van der Waals surface area contributed by atoms with Crippen LogP contribution in [-0.2, 0) is 16.0 Å². The average Bonchev–Trinajstić information content (AvgIpc) is 3.61. The van der Waals surface area contributed by atoms with Crippen molar-refractivity contribution in [2.24, 2.45) is 0 Å². The van der Waals surface area contributed by atoms with Crippen molar-refractivity contribution in [3.05, 3.63) is 82.9 Å². The average molecular weight is 579 g/mol. The molecule has 0 bridgehead atoms. The first-order valence-corrected chi connectivity index (χ1v) is 14.3. The Morgan fingerprint density at radius 2 is 1.56 bits per heavy atom. The van der Waals surface area contributed by atoms with Crippen LogP contribution < -0.4 is 16.2 Å². The molecule has 3 aromatic carbocycles. The zero-order valence-corrected chi connectivity index (χ0v) is 24.2. The second-order valence-electron chi connectivity index (χ2n) is 10.5. The first-order valence-electron chi connectivity index (χ1n) is 14.3. The van der Waals surface area contributed by atoms with Gasteiger partial charge in [-0.2, -0.15) is 0 Å². The maximum Gasteiger partial charge on any atom is 0.313 e. The zero-order valence-electron chi connectivity index (χ0n) is 24.2. The van der Waals surface area contributed by atoms with Crippen molar-refractivity contribution in [1.82, 2.24) is 29.8 Å². The number of benzene rings is 3. The second kappa shape index (κ2) is 12.0. The summed E-state index contributed by atoms with van der Waals surface area (Å²) in [5.74, 6) is 0.887. The van der Waals surface area contributed by atoms with Crippen LogP contribution >= 0.6 is 0 Å². The molecule has 0 unspecified atom stereocenters. The van der Waals surface area contributed by atoms with E-state index in [0.717, 1.165) is 64.8 Å². The molecule has 1 aliphatic rings. The molecule has 5 N–H and O–H groups in total. The zero-order chi connectivity index (χ0) is 29.9. The molecule has 0 amide bonds. The van der Waals surface area contributed by atoms with E-state index in [2.05, 4.69) is 47.8 Å². The lowest BCUT2D eigenvalue weighted by Crippen LogP contribution is -2.44. The van der Waals surface area contributed by atoms with Gasteiger partial charge in [0, 0.05) is 37.3 Å². The molecule has 220 valence electrons. The quantitative estimate of drug-likeness (QED) is 0.224. The summed E-state index contributed by atoms with van der Waals surface area (Å²) in [5, 5.41) is 0.839. The van der Waals surface area contributed by atoms with Gasteiger partial charge in [0.05, 0.1) is 39.9 Å². The molecule has 1 fully saturated rings. The Balaban J connectivity index is 0.000000185. The number of esters is 1. The molecule has 43 heavy (non-hydrogen) atoms. The lowest BCUT2D eigenvalue weighted by Gasteiger charge is -2.34. The van der Waals surface area contributed by atoms with E-state index in [1.165, 1.54) is 0 Å². The van der Waals surface area contributed by atoms with Crippen molar-refractivity contribution in [2.75, 3.05) is 50.5 Å². The number of hydrogen-bond acceptors (Lipinski definition) is 8. The topological polar surface area (TPSA) is 149 Å². The molecule has 6 aromatic rings. The number of nitrogens with two attached hydrogens (primary N) is 1. The van der Waals surface area contributed by atoms with Gasteiger partial charge >= 0.3 is 5.97 Å². The molecule has 11 heteroatoms. The Morgan fingerprint density at radius 3 is 2.23 bits per heavy atom. The number of H-pyrrole nitrogens is 3. The van der Waals surface area contributed by atoms with E-state index in [9.17, 15) is 9.59 Å². The normalized spacial score (nSPS) is 13.8. The smallest absolute Gasteiger partial charge is 0.313 e. The molecule has 0 radical (unpaired) electrons. The third-order valence-corrected chi connectivity index (χ3v) is 7.59.